The van der Waals surface area contributed by atoms with E-state index in [2.05, 4.69) is 16.4 Å². The van der Waals surface area contributed by atoms with Gasteiger partial charge in [0.25, 0.3) is 0 Å². The van der Waals surface area contributed by atoms with Crippen molar-refractivity contribution in [2.45, 2.75) is 19.8 Å². The zero-order valence-electron chi connectivity index (χ0n) is 13.6. The number of amides is 1. The summed E-state index contributed by atoms with van der Waals surface area (Å²) in [6, 6.07) is 15.7. The van der Waals surface area contributed by atoms with Crippen molar-refractivity contribution >= 4 is 27.5 Å². The number of hydrogen-bond acceptors (Lipinski definition) is 4. The third kappa shape index (κ3) is 4.32. The summed E-state index contributed by atoms with van der Waals surface area (Å²) in [7, 11) is 0. The van der Waals surface area contributed by atoms with Crippen LogP contribution in [0, 0.1) is 0 Å². The Morgan fingerprint density at radius 1 is 1.17 bits per heavy atom. The Hall–Kier alpha value is -2.40. The van der Waals surface area contributed by atoms with E-state index >= 15 is 0 Å². The Morgan fingerprint density at radius 2 is 1.96 bits per heavy atom. The fourth-order valence-corrected chi connectivity index (χ4v) is 3.42. The highest BCUT2D eigenvalue weighted by Gasteiger charge is 2.06. The van der Waals surface area contributed by atoms with Gasteiger partial charge in [0.1, 0.15) is 5.75 Å². The van der Waals surface area contributed by atoms with E-state index in [1.807, 2.05) is 49.4 Å². The average molecular weight is 340 g/mol. The third-order valence-electron chi connectivity index (χ3n) is 3.60. The number of nitrogens with one attached hydrogen (secondary N) is 1. The highest BCUT2D eigenvalue weighted by Crippen LogP contribution is 2.21. The van der Waals surface area contributed by atoms with E-state index in [4.69, 9.17) is 4.74 Å². The first-order valence-electron chi connectivity index (χ1n) is 8.07. The van der Waals surface area contributed by atoms with Crippen molar-refractivity contribution in [3.8, 4) is 5.75 Å². The van der Waals surface area contributed by atoms with Gasteiger partial charge >= 0.3 is 0 Å². The molecule has 1 aromatic heterocycles. The number of carbonyl (C=O) groups excluding carboxylic acids is 1. The second-order valence-electron chi connectivity index (χ2n) is 5.43. The number of rotatable bonds is 7. The van der Waals surface area contributed by atoms with Gasteiger partial charge in [-0.05, 0) is 36.8 Å². The molecule has 0 unspecified atom stereocenters. The second kappa shape index (κ2) is 7.93. The van der Waals surface area contributed by atoms with Gasteiger partial charge in [0, 0.05) is 13.0 Å². The lowest BCUT2D eigenvalue weighted by molar-refractivity contribution is -0.120. The Bertz CT molecular complexity index is 779. The van der Waals surface area contributed by atoms with Crippen molar-refractivity contribution in [2.24, 2.45) is 0 Å². The highest BCUT2D eigenvalue weighted by molar-refractivity contribution is 7.18. The van der Waals surface area contributed by atoms with Gasteiger partial charge in [-0.25, -0.2) is 4.98 Å². The molecule has 4 nitrogen and oxygen atoms in total. The Balaban J connectivity index is 1.46. The molecule has 0 atom stereocenters. The molecular weight excluding hydrogens is 320 g/mol. The van der Waals surface area contributed by atoms with E-state index < -0.39 is 0 Å². The molecule has 0 spiro atoms. The summed E-state index contributed by atoms with van der Waals surface area (Å²) < 4.78 is 6.59. The number of benzene rings is 2. The van der Waals surface area contributed by atoms with Gasteiger partial charge in [0.05, 0.1) is 28.3 Å². The number of hydrogen-bond donors (Lipinski definition) is 1. The lowest BCUT2D eigenvalue weighted by Crippen LogP contribution is -2.27. The zero-order valence-corrected chi connectivity index (χ0v) is 14.4. The van der Waals surface area contributed by atoms with Gasteiger partial charge < -0.3 is 10.1 Å². The maximum absolute atomic E-state index is 12.0. The van der Waals surface area contributed by atoms with Crippen molar-refractivity contribution in [3.05, 3.63) is 59.1 Å². The van der Waals surface area contributed by atoms with E-state index in [0.717, 1.165) is 28.3 Å². The normalized spacial score (nSPS) is 10.7. The number of nitrogens with zero attached hydrogens (tertiary/aromatic N) is 1. The minimum absolute atomic E-state index is 0.0280. The van der Waals surface area contributed by atoms with Crippen LogP contribution in [0.5, 0.6) is 5.75 Å². The molecular formula is C19H20N2O2S. The molecule has 3 aromatic rings. The van der Waals surface area contributed by atoms with Crippen molar-refractivity contribution in [1.82, 2.24) is 10.3 Å². The van der Waals surface area contributed by atoms with Crippen molar-refractivity contribution < 1.29 is 9.53 Å². The molecule has 5 heteroatoms. The molecule has 1 N–H and O–H groups in total. The van der Waals surface area contributed by atoms with E-state index in [1.54, 1.807) is 11.3 Å². The van der Waals surface area contributed by atoms with E-state index in [9.17, 15) is 4.79 Å². The van der Waals surface area contributed by atoms with Crippen LogP contribution in [-0.2, 0) is 17.6 Å². The molecule has 124 valence electrons. The number of aromatic nitrogens is 1. The summed E-state index contributed by atoms with van der Waals surface area (Å²) in [6.07, 6.45) is 1.14. The fourth-order valence-electron chi connectivity index (χ4n) is 2.45. The monoisotopic (exact) mass is 340 g/mol. The summed E-state index contributed by atoms with van der Waals surface area (Å²) in [5, 5.41) is 4.01. The molecule has 1 amide bonds. The lowest BCUT2D eigenvalue weighted by atomic mass is 10.1. The predicted molar refractivity (Wildman–Crippen MR) is 97.6 cm³/mol. The van der Waals surface area contributed by atoms with Crippen molar-refractivity contribution in [1.29, 1.82) is 0 Å². The van der Waals surface area contributed by atoms with Crippen molar-refractivity contribution in [3.63, 3.8) is 0 Å². The molecule has 2 aromatic carbocycles. The minimum atomic E-state index is 0.0280. The summed E-state index contributed by atoms with van der Waals surface area (Å²) in [4.78, 5) is 16.6. The van der Waals surface area contributed by atoms with Crippen LogP contribution in [-0.4, -0.2) is 24.0 Å². The summed E-state index contributed by atoms with van der Waals surface area (Å²) in [5.41, 5.74) is 2.01. The molecule has 0 radical (unpaired) electrons. The topological polar surface area (TPSA) is 51.2 Å². The molecule has 3 rings (SSSR count). The first-order chi connectivity index (χ1) is 11.7. The highest BCUT2D eigenvalue weighted by atomic mass is 32.1. The minimum Gasteiger partial charge on any atom is -0.494 e. The van der Waals surface area contributed by atoms with E-state index in [0.29, 0.717) is 19.6 Å². The molecule has 0 aliphatic heterocycles. The van der Waals surface area contributed by atoms with Gasteiger partial charge in [-0.2, -0.15) is 0 Å². The van der Waals surface area contributed by atoms with Crippen LogP contribution in [0.25, 0.3) is 10.2 Å². The number of para-hydroxylation sites is 1. The molecule has 24 heavy (non-hydrogen) atoms. The lowest BCUT2D eigenvalue weighted by Gasteiger charge is -2.06. The average Bonchev–Trinajstić information content (AvgIpc) is 2.99. The van der Waals surface area contributed by atoms with E-state index in [1.165, 1.54) is 4.70 Å². The van der Waals surface area contributed by atoms with Gasteiger partial charge in [0.15, 0.2) is 0 Å². The van der Waals surface area contributed by atoms with Gasteiger partial charge in [-0.15, -0.1) is 11.3 Å². The number of fused-ring (bicyclic) bond motifs is 1. The zero-order chi connectivity index (χ0) is 16.8. The van der Waals surface area contributed by atoms with Crippen molar-refractivity contribution in [2.75, 3.05) is 13.2 Å². The Labute approximate surface area is 145 Å². The van der Waals surface area contributed by atoms with Crippen LogP contribution in [0.1, 0.15) is 17.5 Å². The number of thiazole rings is 1. The number of carbonyl (C=O) groups is 1. The Kier molecular flexibility index (Phi) is 5.43. The molecule has 1 heterocycles. The standard InChI is InChI=1S/C19H20N2O2S/c1-2-23-15-9-7-14(8-10-15)13-18(22)20-12-11-19-21-16-5-3-4-6-17(16)24-19/h3-10H,2,11-13H2,1H3,(H,20,22). The summed E-state index contributed by atoms with van der Waals surface area (Å²) in [6.45, 7) is 3.20. The largest absolute Gasteiger partial charge is 0.494 e. The summed E-state index contributed by atoms with van der Waals surface area (Å²) >= 11 is 1.68. The van der Waals surface area contributed by atoms with Gasteiger partial charge in [0.2, 0.25) is 5.91 Å². The van der Waals surface area contributed by atoms with E-state index in [-0.39, 0.29) is 5.91 Å². The predicted octanol–water partition coefficient (Wildman–Crippen LogP) is 3.60. The van der Waals surface area contributed by atoms with Crippen LogP contribution in [0.3, 0.4) is 0 Å². The molecule has 0 fully saturated rings. The molecule has 0 saturated carbocycles. The Morgan fingerprint density at radius 3 is 2.71 bits per heavy atom. The van der Waals surface area contributed by atoms with Crippen LogP contribution in [0.15, 0.2) is 48.5 Å². The smallest absolute Gasteiger partial charge is 0.224 e. The first-order valence-corrected chi connectivity index (χ1v) is 8.89. The van der Waals surface area contributed by atoms with Gasteiger partial charge in [-0.1, -0.05) is 24.3 Å². The van der Waals surface area contributed by atoms with Crippen LogP contribution < -0.4 is 10.1 Å². The molecule has 0 aliphatic carbocycles. The maximum Gasteiger partial charge on any atom is 0.224 e. The maximum atomic E-state index is 12.0. The van der Waals surface area contributed by atoms with Crippen LogP contribution in [0.2, 0.25) is 0 Å². The first kappa shape index (κ1) is 16.5. The quantitative estimate of drug-likeness (QED) is 0.715. The summed E-state index contributed by atoms with van der Waals surface area (Å²) in [5.74, 6) is 0.859. The molecule has 0 aliphatic rings. The van der Waals surface area contributed by atoms with Crippen LogP contribution >= 0.6 is 11.3 Å². The van der Waals surface area contributed by atoms with Crippen LogP contribution in [0.4, 0.5) is 0 Å². The second-order valence-corrected chi connectivity index (χ2v) is 6.54. The molecule has 0 bridgehead atoms. The fraction of sp³-hybridized carbons (Fsp3) is 0.263. The third-order valence-corrected chi connectivity index (χ3v) is 4.69. The molecule has 0 saturated heterocycles. The number of ether oxygens (including phenoxy) is 1. The SMILES string of the molecule is CCOc1ccc(CC(=O)NCCc2nc3ccccc3s2)cc1. The van der Waals surface area contributed by atoms with Gasteiger partial charge in [-0.3, -0.25) is 4.79 Å².